The summed E-state index contributed by atoms with van der Waals surface area (Å²) in [4.78, 5) is 36.4. The second kappa shape index (κ2) is 13.3. The summed E-state index contributed by atoms with van der Waals surface area (Å²) < 4.78 is 19.4. The van der Waals surface area contributed by atoms with Crippen molar-refractivity contribution in [3.05, 3.63) is 124 Å². The maximum absolute atomic E-state index is 14.2. The van der Waals surface area contributed by atoms with E-state index in [9.17, 15) is 9.59 Å². The average Bonchev–Trinajstić information content (AvgIpc) is 3.03. The Morgan fingerprint density at radius 2 is 1.44 bits per heavy atom. The fourth-order valence-corrected chi connectivity index (χ4v) is 4.95. The van der Waals surface area contributed by atoms with Crippen LogP contribution in [0.1, 0.15) is 11.1 Å². The molecule has 5 rings (SSSR count). The van der Waals surface area contributed by atoms with Crippen molar-refractivity contribution in [2.45, 2.75) is 18.5 Å². The van der Waals surface area contributed by atoms with Gasteiger partial charge < -0.3 is 14.2 Å². The van der Waals surface area contributed by atoms with E-state index < -0.39 is 11.6 Å². The molecule has 5 aromatic rings. The van der Waals surface area contributed by atoms with Crippen molar-refractivity contribution < 1.29 is 19.0 Å². The highest BCUT2D eigenvalue weighted by Gasteiger charge is 2.17. The van der Waals surface area contributed by atoms with Gasteiger partial charge in [0.25, 0.3) is 5.91 Å². The first-order chi connectivity index (χ1) is 20.9. The van der Waals surface area contributed by atoms with E-state index in [2.05, 4.69) is 4.99 Å². The molecule has 4 aromatic carbocycles. The maximum atomic E-state index is 14.2. The summed E-state index contributed by atoms with van der Waals surface area (Å²) >= 11 is 1.28. The lowest BCUT2D eigenvalue weighted by atomic mass is 10.1. The number of carbonyl (C=O) groups excluding carboxylic acids is 1. The first-order valence-electron chi connectivity index (χ1n) is 13.4. The molecule has 0 fully saturated rings. The number of ether oxygens (including phenoxy) is 3. The Bertz CT molecular complexity index is 1870. The molecule has 1 amide bonds. The van der Waals surface area contributed by atoms with Crippen molar-refractivity contribution in [1.29, 1.82) is 0 Å². The van der Waals surface area contributed by atoms with E-state index in [1.165, 1.54) is 20.9 Å². The van der Waals surface area contributed by atoms with E-state index in [0.29, 0.717) is 39.5 Å². The molecule has 0 aliphatic heterocycles. The quantitative estimate of drug-likeness (QED) is 0.207. The van der Waals surface area contributed by atoms with Gasteiger partial charge in [-0.3, -0.25) is 4.79 Å². The lowest BCUT2D eigenvalue weighted by Gasteiger charge is -2.16. The molecular formula is C33H30N4O5S. The highest BCUT2D eigenvalue weighted by molar-refractivity contribution is 7.98. The zero-order valence-corrected chi connectivity index (χ0v) is 25.0. The topological polar surface area (TPSA) is 96.9 Å². The summed E-state index contributed by atoms with van der Waals surface area (Å²) in [6.45, 7) is 1.91. The van der Waals surface area contributed by atoms with E-state index in [-0.39, 0.29) is 12.0 Å². The Labute approximate surface area is 253 Å². The van der Waals surface area contributed by atoms with Gasteiger partial charge in [-0.25, -0.2) is 13.9 Å². The number of rotatable bonds is 9. The smallest absolute Gasteiger partial charge is 0.342 e. The Kier molecular flexibility index (Phi) is 9.07. The average molecular weight is 595 g/mol. The highest BCUT2D eigenvalue weighted by atomic mass is 32.2. The number of carbonyl (C=O) groups is 1. The molecule has 0 spiro atoms. The van der Waals surface area contributed by atoms with Crippen LogP contribution in [0.3, 0.4) is 0 Å². The predicted molar refractivity (Wildman–Crippen MR) is 166 cm³/mol. The van der Waals surface area contributed by atoms with Crippen LogP contribution in [0.5, 0.6) is 23.0 Å². The van der Waals surface area contributed by atoms with Crippen LogP contribution in [0.2, 0.25) is 0 Å². The number of aromatic nitrogens is 3. The highest BCUT2D eigenvalue weighted by Crippen LogP contribution is 2.27. The summed E-state index contributed by atoms with van der Waals surface area (Å²) in [6, 6.07) is 29.1. The van der Waals surface area contributed by atoms with Crippen LogP contribution in [-0.2, 0) is 11.2 Å². The summed E-state index contributed by atoms with van der Waals surface area (Å²) in [5.41, 5.74) is 2.22. The standard InChI is InChI=1S/C33H30N4O5S/c1-22-20-25(14-19-29(22)42-28-8-6-5-7-9-28)37-32(43-4)35-31(34-30(38)21-23-10-15-26(40-2)16-11-23)36(33(37)39)24-12-17-27(41-3)18-13-24/h5-20H,21H2,1-4H3. The molecule has 0 unspecified atom stereocenters. The molecule has 0 saturated carbocycles. The van der Waals surface area contributed by atoms with E-state index in [0.717, 1.165) is 11.1 Å². The Balaban J connectivity index is 1.62. The molecule has 0 aliphatic carbocycles. The summed E-state index contributed by atoms with van der Waals surface area (Å²) in [6.07, 6.45) is 1.85. The van der Waals surface area contributed by atoms with Gasteiger partial charge in [-0.2, -0.15) is 9.98 Å². The molecule has 0 saturated heterocycles. The molecule has 9 nitrogen and oxygen atoms in total. The third-order valence-corrected chi connectivity index (χ3v) is 7.25. The zero-order chi connectivity index (χ0) is 30.3. The summed E-state index contributed by atoms with van der Waals surface area (Å²) in [5.74, 6) is 2.25. The van der Waals surface area contributed by atoms with Gasteiger partial charge >= 0.3 is 5.69 Å². The van der Waals surface area contributed by atoms with Crippen molar-refractivity contribution in [3.63, 3.8) is 0 Å². The lowest BCUT2D eigenvalue weighted by molar-refractivity contribution is -0.117. The molecule has 0 bridgehead atoms. The van der Waals surface area contributed by atoms with Gasteiger partial charge in [0.15, 0.2) is 5.16 Å². The first-order valence-corrected chi connectivity index (χ1v) is 14.6. The van der Waals surface area contributed by atoms with Gasteiger partial charge in [0, 0.05) is 0 Å². The first kappa shape index (κ1) is 29.4. The summed E-state index contributed by atoms with van der Waals surface area (Å²) in [5, 5.41) is 0.377. The van der Waals surface area contributed by atoms with Crippen LogP contribution in [0, 0.1) is 6.92 Å². The number of nitrogens with zero attached hydrogens (tertiary/aromatic N) is 4. The molecule has 218 valence electrons. The van der Waals surface area contributed by atoms with Crippen molar-refractivity contribution in [2.75, 3.05) is 20.5 Å². The molecule has 10 heteroatoms. The van der Waals surface area contributed by atoms with Crippen LogP contribution in [0.4, 0.5) is 0 Å². The molecule has 1 heterocycles. The maximum Gasteiger partial charge on any atom is 0.342 e. The van der Waals surface area contributed by atoms with E-state index in [1.807, 2.05) is 55.6 Å². The minimum absolute atomic E-state index is 0.0185. The number of hydrogen-bond donors (Lipinski definition) is 0. The minimum Gasteiger partial charge on any atom is -0.497 e. The number of methoxy groups -OCH3 is 2. The van der Waals surface area contributed by atoms with Crippen LogP contribution in [0.15, 0.2) is 112 Å². The normalized spacial score (nSPS) is 11.3. The van der Waals surface area contributed by atoms with Gasteiger partial charge in [-0.15, -0.1) is 0 Å². The van der Waals surface area contributed by atoms with E-state index in [4.69, 9.17) is 19.2 Å². The van der Waals surface area contributed by atoms with Gasteiger partial charge in [0.1, 0.15) is 23.0 Å². The number of hydrogen-bond acceptors (Lipinski definition) is 7. The van der Waals surface area contributed by atoms with Crippen molar-refractivity contribution in [3.8, 4) is 34.4 Å². The Morgan fingerprint density at radius 3 is 2.05 bits per heavy atom. The minimum atomic E-state index is -0.442. The second-order valence-electron chi connectivity index (χ2n) is 9.45. The number of amides is 1. The van der Waals surface area contributed by atoms with Crippen molar-refractivity contribution in [1.82, 2.24) is 14.1 Å². The lowest BCUT2D eigenvalue weighted by Crippen LogP contribution is -2.42. The van der Waals surface area contributed by atoms with Gasteiger partial charge in [0.05, 0.1) is 32.0 Å². The van der Waals surface area contributed by atoms with E-state index >= 15 is 0 Å². The third kappa shape index (κ3) is 6.70. The molecule has 0 N–H and O–H groups in total. The van der Waals surface area contributed by atoms with Crippen LogP contribution < -0.4 is 25.5 Å². The number of benzene rings is 4. The third-order valence-electron chi connectivity index (χ3n) is 6.61. The fraction of sp³-hybridized carbons (Fsp3) is 0.152. The van der Waals surface area contributed by atoms with Crippen molar-refractivity contribution in [2.24, 2.45) is 4.99 Å². The van der Waals surface area contributed by atoms with Crippen LogP contribution in [-0.4, -0.2) is 40.5 Å². The molecule has 0 aliphatic rings. The molecule has 0 atom stereocenters. The molecule has 43 heavy (non-hydrogen) atoms. The number of para-hydroxylation sites is 1. The SMILES string of the molecule is COc1ccc(CC(=O)N=c2nc(SC)n(-c3ccc(Oc4ccccc4)c(C)c3)c(=O)n2-c2ccc(OC)cc2)cc1. The Hall–Kier alpha value is -5.09. The zero-order valence-electron chi connectivity index (χ0n) is 24.2. The second-order valence-corrected chi connectivity index (χ2v) is 10.2. The molecule has 1 aromatic heterocycles. The van der Waals surface area contributed by atoms with Gasteiger partial charge in [-0.05, 0) is 91.0 Å². The Morgan fingerprint density at radius 1 is 0.814 bits per heavy atom. The van der Waals surface area contributed by atoms with Crippen LogP contribution in [0.25, 0.3) is 11.4 Å². The van der Waals surface area contributed by atoms with Gasteiger partial charge in [-0.1, -0.05) is 42.1 Å². The number of thioether (sulfide) groups is 1. The van der Waals surface area contributed by atoms with E-state index in [1.54, 1.807) is 68.8 Å². The molecular weight excluding hydrogens is 564 g/mol. The van der Waals surface area contributed by atoms with Crippen LogP contribution >= 0.6 is 11.8 Å². The fourth-order valence-electron chi connectivity index (χ4n) is 4.41. The number of aryl methyl sites for hydroxylation is 1. The predicted octanol–water partition coefficient (Wildman–Crippen LogP) is 5.53. The summed E-state index contributed by atoms with van der Waals surface area (Å²) in [7, 11) is 3.15. The monoisotopic (exact) mass is 594 g/mol. The largest absolute Gasteiger partial charge is 0.497 e. The molecule has 0 radical (unpaired) electrons. The van der Waals surface area contributed by atoms with Gasteiger partial charge in [0.2, 0.25) is 5.62 Å². The van der Waals surface area contributed by atoms with Crippen molar-refractivity contribution >= 4 is 17.7 Å².